The molecule has 5 nitrogen and oxygen atoms in total. The Labute approximate surface area is 112 Å². The van der Waals surface area contributed by atoms with Crippen LogP contribution in [0.4, 0.5) is 5.69 Å². The van der Waals surface area contributed by atoms with E-state index in [1.54, 1.807) is 18.2 Å². The molecule has 104 valence electrons. The lowest BCUT2D eigenvalue weighted by Crippen LogP contribution is -2.14. The first-order chi connectivity index (χ1) is 9.15. The van der Waals surface area contributed by atoms with E-state index in [1.807, 2.05) is 0 Å². The molecular weight excluding hydrogens is 244 g/mol. The van der Waals surface area contributed by atoms with Gasteiger partial charge in [-0.2, -0.15) is 0 Å². The lowest BCUT2D eigenvalue weighted by Gasteiger charge is -2.08. The molecule has 0 aliphatic carbocycles. The van der Waals surface area contributed by atoms with Crippen molar-refractivity contribution in [1.82, 2.24) is 0 Å². The number of aromatic carboxylic acids is 1. The van der Waals surface area contributed by atoms with Gasteiger partial charge in [0.2, 0.25) is 5.91 Å². The highest BCUT2D eigenvalue weighted by atomic mass is 16.4. The number of para-hydroxylation sites is 1. The number of amides is 1. The zero-order valence-electron chi connectivity index (χ0n) is 10.9. The molecule has 1 aromatic carbocycles. The summed E-state index contributed by atoms with van der Waals surface area (Å²) in [7, 11) is 0. The van der Waals surface area contributed by atoms with Gasteiger partial charge in [0.25, 0.3) is 0 Å². The van der Waals surface area contributed by atoms with Crippen molar-refractivity contribution < 1.29 is 14.7 Å². The van der Waals surface area contributed by atoms with E-state index in [9.17, 15) is 9.59 Å². The Hall–Kier alpha value is -1.88. The second-order valence-corrected chi connectivity index (χ2v) is 4.35. The van der Waals surface area contributed by atoms with Crippen LogP contribution < -0.4 is 11.1 Å². The molecular formula is C14H20N2O3. The summed E-state index contributed by atoms with van der Waals surface area (Å²) in [6.45, 7) is 0.679. The van der Waals surface area contributed by atoms with Gasteiger partial charge in [0.1, 0.15) is 0 Å². The van der Waals surface area contributed by atoms with Gasteiger partial charge in [-0.05, 0) is 31.5 Å². The molecule has 0 radical (unpaired) electrons. The summed E-state index contributed by atoms with van der Waals surface area (Å²) in [5.74, 6) is -1.19. The predicted molar refractivity (Wildman–Crippen MR) is 74.2 cm³/mol. The molecule has 0 heterocycles. The van der Waals surface area contributed by atoms with Crippen LogP contribution in [0.3, 0.4) is 0 Å². The van der Waals surface area contributed by atoms with Crippen LogP contribution in [0.5, 0.6) is 0 Å². The van der Waals surface area contributed by atoms with Crippen molar-refractivity contribution in [3.63, 3.8) is 0 Å². The van der Waals surface area contributed by atoms with Gasteiger partial charge in [-0.3, -0.25) is 4.79 Å². The molecule has 1 aromatic rings. The summed E-state index contributed by atoms with van der Waals surface area (Å²) in [5.41, 5.74) is 5.84. The number of benzene rings is 1. The quantitative estimate of drug-likeness (QED) is 0.628. The average Bonchev–Trinajstić information content (AvgIpc) is 2.39. The minimum Gasteiger partial charge on any atom is -0.478 e. The first kappa shape index (κ1) is 15.2. The van der Waals surface area contributed by atoms with Gasteiger partial charge in [-0.25, -0.2) is 4.79 Å². The minimum atomic E-state index is -1.04. The molecule has 0 aromatic heterocycles. The molecule has 0 bridgehead atoms. The zero-order valence-corrected chi connectivity index (χ0v) is 10.9. The number of hydrogen-bond donors (Lipinski definition) is 3. The number of carbonyl (C=O) groups is 2. The minimum absolute atomic E-state index is 0.110. The normalized spacial score (nSPS) is 10.2. The van der Waals surface area contributed by atoms with E-state index in [4.69, 9.17) is 10.8 Å². The molecule has 19 heavy (non-hydrogen) atoms. The Morgan fingerprint density at radius 3 is 2.47 bits per heavy atom. The van der Waals surface area contributed by atoms with Crippen LogP contribution in [-0.2, 0) is 4.79 Å². The van der Waals surface area contributed by atoms with E-state index in [-0.39, 0.29) is 11.5 Å². The van der Waals surface area contributed by atoms with Crippen molar-refractivity contribution >= 4 is 17.6 Å². The van der Waals surface area contributed by atoms with Gasteiger partial charge in [-0.15, -0.1) is 0 Å². The molecule has 1 rings (SSSR count). The molecule has 0 aliphatic heterocycles. The molecule has 0 aliphatic rings. The average molecular weight is 264 g/mol. The van der Waals surface area contributed by atoms with Crippen LogP contribution >= 0.6 is 0 Å². The smallest absolute Gasteiger partial charge is 0.337 e. The number of carbonyl (C=O) groups excluding carboxylic acids is 1. The van der Waals surface area contributed by atoms with E-state index in [1.165, 1.54) is 6.07 Å². The molecule has 0 saturated carbocycles. The van der Waals surface area contributed by atoms with Crippen molar-refractivity contribution in [2.75, 3.05) is 11.9 Å². The third-order valence-corrected chi connectivity index (χ3v) is 2.79. The van der Waals surface area contributed by atoms with Crippen LogP contribution in [0.2, 0.25) is 0 Å². The number of rotatable bonds is 8. The number of nitrogens with one attached hydrogen (secondary N) is 1. The fourth-order valence-corrected chi connectivity index (χ4v) is 1.77. The molecule has 5 heteroatoms. The van der Waals surface area contributed by atoms with Crippen LogP contribution in [-0.4, -0.2) is 23.5 Å². The summed E-state index contributed by atoms with van der Waals surface area (Å²) in [5, 5.41) is 11.6. The molecule has 0 fully saturated rings. The summed E-state index contributed by atoms with van der Waals surface area (Å²) < 4.78 is 0. The van der Waals surface area contributed by atoms with E-state index in [0.717, 1.165) is 25.7 Å². The van der Waals surface area contributed by atoms with Crippen LogP contribution in [0.1, 0.15) is 42.5 Å². The number of nitrogens with two attached hydrogens (primary N) is 1. The number of carboxylic acid groups (broad SMARTS) is 1. The summed E-state index contributed by atoms with van der Waals surface area (Å²) in [6, 6.07) is 6.39. The summed E-state index contributed by atoms with van der Waals surface area (Å²) in [6.07, 6.45) is 4.16. The first-order valence-electron chi connectivity index (χ1n) is 6.47. The van der Waals surface area contributed by atoms with E-state index in [0.29, 0.717) is 18.7 Å². The molecule has 0 saturated heterocycles. The Morgan fingerprint density at radius 2 is 1.79 bits per heavy atom. The highest BCUT2D eigenvalue weighted by Gasteiger charge is 2.11. The number of unbranched alkanes of at least 4 members (excludes halogenated alkanes) is 3. The van der Waals surface area contributed by atoms with Crippen LogP contribution in [0.25, 0.3) is 0 Å². The van der Waals surface area contributed by atoms with E-state index in [2.05, 4.69) is 5.32 Å². The fraction of sp³-hybridized carbons (Fsp3) is 0.429. The lowest BCUT2D eigenvalue weighted by molar-refractivity contribution is -0.116. The van der Waals surface area contributed by atoms with Gasteiger partial charge >= 0.3 is 5.97 Å². The molecule has 1 amide bonds. The molecule has 0 atom stereocenters. The Bertz CT molecular complexity index is 432. The maximum absolute atomic E-state index is 11.7. The largest absolute Gasteiger partial charge is 0.478 e. The summed E-state index contributed by atoms with van der Waals surface area (Å²) in [4.78, 5) is 22.7. The third-order valence-electron chi connectivity index (χ3n) is 2.79. The SMILES string of the molecule is NCCCCCCC(=O)Nc1ccccc1C(=O)O. The molecule has 0 spiro atoms. The molecule has 4 N–H and O–H groups in total. The standard InChI is InChI=1S/C14H20N2O3/c15-10-6-2-1-3-9-13(17)16-12-8-5-4-7-11(12)14(18)19/h4-5,7-8H,1-3,6,9-10,15H2,(H,16,17)(H,18,19). The van der Waals surface area contributed by atoms with Gasteiger partial charge < -0.3 is 16.2 Å². The van der Waals surface area contributed by atoms with Crippen LogP contribution in [0, 0.1) is 0 Å². The van der Waals surface area contributed by atoms with Gasteiger partial charge in [0.15, 0.2) is 0 Å². The topological polar surface area (TPSA) is 92.4 Å². The van der Waals surface area contributed by atoms with E-state index < -0.39 is 5.97 Å². The maximum atomic E-state index is 11.7. The van der Waals surface area contributed by atoms with Crippen LogP contribution in [0.15, 0.2) is 24.3 Å². The monoisotopic (exact) mass is 264 g/mol. The highest BCUT2D eigenvalue weighted by Crippen LogP contribution is 2.15. The summed E-state index contributed by atoms with van der Waals surface area (Å²) >= 11 is 0. The van der Waals surface area contributed by atoms with Crippen molar-refractivity contribution in [3.8, 4) is 0 Å². The molecule has 0 unspecified atom stereocenters. The van der Waals surface area contributed by atoms with E-state index >= 15 is 0 Å². The van der Waals surface area contributed by atoms with Gasteiger partial charge in [-0.1, -0.05) is 25.0 Å². The third kappa shape index (κ3) is 5.52. The Balaban J connectivity index is 2.42. The van der Waals surface area contributed by atoms with Crippen molar-refractivity contribution in [1.29, 1.82) is 0 Å². The number of hydrogen-bond acceptors (Lipinski definition) is 3. The Kier molecular flexibility index (Phi) is 6.60. The Morgan fingerprint density at radius 1 is 1.11 bits per heavy atom. The lowest BCUT2D eigenvalue weighted by atomic mass is 10.1. The van der Waals surface area contributed by atoms with Crippen molar-refractivity contribution in [2.45, 2.75) is 32.1 Å². The first-order valence-corrected chi connectivity index (χ1v) is 6.47. The van der Waals surface area contributed by atoms with Gasteiger partial charge in [0.05, 0.1) is 11.3 Å². The van der Waals surface area contributed by atoms with Crippen molar-refractivity contribution in [2.24, 2.45) is 5.73 Å². The number of carboxylic acids is 1. The second kappa shape index (κ2) is 8.26. The fourth-order valence-electron chi connectivity index (χ4n) is 1.77. The zero-order chi connectivity index (χ0) is 14.1. The number of anilines is 1. The maximum Gasteiger partial charge on any atom is 0.337 e. The van der Waals surface area contributed by atoms with Gasteiger partial charge in [0, 0.05) is 6.42 Å². The second-order valence-electron chi connectivity index (χ2n) is 4.35. The predicted octanol–water partition coefficient (Wildman–Crippen LogP) is 2.23. The van der Waals surface area contributed by atoms with Crippen molar-refractivity contribution in [3.05, 3.63) is 29.8 Å². The highest BCUT2D eigenvalue weighted by molar-refractivity contribution is 6.00.